The monoisotopic (exact) mass is 221 g/mol. The zero-order valence-electron chi connectivity index (χ0n) is 10.4. The highest BCUT2D eigenvalue weighted by atomic mass is 16.5. The van der Waals surface area contributed by atoms with Crippen LogP contribution in [0.25, 0.3) is 0 Å². The van der Waals surface area contributed by atoms with Crippen LogP contribution in [0.5, 0.6) is 0 Å². The predicted octanol–water partition coefficient (Wildman–Crippen LogP) is 2.30. The first kappa shape index (κ1) is 12.7. The molecule has 0 bridgehead atoms. The number of likely N-dealkylation sites (N-methyl/N-ethyl adjacent to an activating group) is 1. The van der Waals surface area contributed by atoms with E-state index in [1.165, 1.54) is 7.11 Å². The molecule has 0 N–H and O–H groups in total. The summed E-state index contributed by atoms with van der Waals surface area (Å²) in [5, 5.41) is 0. The third kappa shape index (κ3) is 2.83. The van der Waals surface area contributed by atoms with Crippen molar-refractivity contribution < 1.29 is 9.53 Å². The van der Waals surface area contributed by atoms with Crippen molar-refractivity contribution in [3.05, 3.63) is 29.3 Å². The molecule has 0 aliphatic carbocycles. The van der Waals surface area contributed by atoms with Gasteiger partial charge in [-0.05, 0) is 38.0 Å². The zero-order valence-corrected chi connectivity index (χ0v) is 10.4. The van der Waals surface area contributed by atoms with Gasteiger partial charge in [-0.3, -0.25) is 4.79 Å². The summed E-state index contributed by atoms with van der Waals surface area (Å²) in [6.07, 6.45) is 0. The molecule has 1 aromatic rings. The van der Waals surface area contributed by atoms with Crippen molar-refractivity contribution in [3.8, 4) is 0 Å². The standard InChI is InChI=1S/C13H19NO2/c1-5-14(13(15)9-16-4)12-8-10(2)6-7-11(12)3/h6-8H,5,9H2,1-4H3. The van der Waals surface area contributed by atoms with Crippen molar-refractivity contribution in [3.63, 3.8) is 0 Å². The van der Waals surface area contributed by atoms with E-state index in [1.807, 2.05) is 39.0 Å². The van der Waals surface area contributed by atoms with Gasteiger partial charge in [-0.25, -0.2) is 0 Å². The summed E-state index contributed by atoms with van der Waals surface area (Å²) in [6, 6.07) is 6.12. The topological polar surface area (TPSA) is 29.5 Å². The van der Waals surface area contributed by atoms with Crippen molar-refractivity contribution in [1.82, 2.24) is 0 Å². The Balaban J connectivity index is 3.03. The normalized spacial score (nSPS) is 10.2. The number of amides is 1. The van der Waals surface area contributed by atoms with Gasteiger partial charge in [0, 0.05) is 19.3 Å². The molecule has 0 aliphatic rings. The molecule has 1 amide bonds. The molecule has 0 aromatic heterocycles. The molecule has 0 saturated carbocycles. The van der Waals surface area contributed by atoms with Crippen LogP contribution >= 0.6 is 0 Å². The third-order valence-corrected chi connectivity index (χ3v) is 2.54. The predicted molar refractivity (Wildman–Crippen MR) is 65.8 cm³/mol. The van der Waals surface area contributed by atoms with Crippen LogP contribution in [-0.2, 0) is 9.53 Å². The number of carbonyl (C=O) groups is 1. The number of benzene rings is 1. The van der Waals surface area contributed by atoms with Crippen LogP contribution in [-0.4, -0.2) is 26.2 Å². The summed E-state index contributed by atoms with van der Waals surface area (Å²) >= 11 is 0. The maximum atomic E-state index is 11.8. The van der Waals surface area contributed by atoms with Crippen molar-refractivity contribution in [2.75, 3.05) is 25.2 Å². The molecular formula is C13H19NO2. The summed E-state index contributed by atoms with van der Waals surface area (Å²) < 4.78 is 4.89. The molecule has 3 nitrogen and oxygen atoms in total. The van der Waals surface area contributed by atoms with E-state index < -0.39 is 0 Å². The molecule has 0 saturated heterocycles. The average Bonchev–Trinajstić information content (AvgIpc) is 2.24. The second-order valence-corrected chi connectivity index (χ2v) is 3.86. The second-order valence-electron chi connectivity index (χ2n) is 3.86. The fraction of sp³-hybridized carbons (Fsp3) is 0.462. The van der Waals surface area contributed by atoms with E-state index in [0.717, 1.165) is 16.8 Å². The van der Waals surface area contributed by atoms with Gasteiger partial charge < -0.3 is 9.64 Å². The van der Waals surface area contributed by atoms with E-state index in [0.29, 0.717) is 6.54 Å². The van der Waals surface area contributed by atoms with E-state index >= 15 is 0 Å². The lowest BCUT2D eigenvalue weighted by Gasteiger charge is -2.23. The van der Waals surface area contributed by atoms with E-state index in [2.05, 4.69) is 0 Å². The van der Waals surface area contributed by atoms with Crippen molar-refractivity contribution in [2.45, 2.75) is 20.8 Å². The number of hydrogen-bond donors (Lipinski definition) is 0. The molecule has 0 heterocycles. The SMILES string of the molecule is CCN(C(=O)COC)c1cc(C)ccc1C. The van der Waals surface area contributed by atoms with Gasteiger partial charge in [-0.1, -0.05) is 12.1 Å². The Morgan fingerprint density at radius 3 is 2.62 bits per heavy atom. The Morgan fingerprint density at radius 1 is 1.38 bits per heavy atom. The smallest absolute Gasteiger partial charge is 0.252 e. The molecule has 0 fully saturated rings. The van der Waals surface area contributed by atoms with Gasteiger partial charge in [-0.15, -0.1) is 0 Å². The second kappa shape index (κ2) is 5.66. The van der Waals surface area contributed by atoms with Crippen molar-refractivity contribution in [2.24, 2.45) is 0 Å². The van der Waals surface area contributed by atoms with Crippen LogP contribution in [0.2, 0.25) is 0 Å². The third-order valence-electron chi connectivity index (χ3n) is 2.54. The summed E-state index contributed by atoms with van der Waals surface area (Å²) in [5.41, 5.74) is 3.24. The van der Waals surface area contributed by atoms with Crippen molar-refractivity contribution in [1.29, 1.82) is 0 Å². The quantitative estimate of drug-likeness (QED) is 0.780. The van der Waals surface area contributed by atoms with E-state index in [9.17, 15) is 4.79 Å². The lowest BCUT2D eigenvalue weighted by Crippen LogP contribution is -2.34. The highest BCUT2D eigenvalue weighted by Crippen LogP contribution is 2.21. The molecular weight excluding hydrogens is 202 g/mol. The van der Waals surface area contributed by atoms with E-state index in [1.54, 1.807) is 4.90 Å². The van der Waals surface area contributed by atoms with E-state index in [-0.39, 0.29) is 12.5 Å². The Hall–Kier alpha value is -1.35. The summed E-state index contributed by atoms with van der Waals surface area (Å²) in [7, 11) is 1.54. The summed E-state index contributed by atoms with van der Waals surface area (Å²) in [4.78, 5) is 13.6. The van der Waals surface area contributed by atoms with Gasteiger partial charge in [0.2, 0.25) is 0 Å². The number of ether oxygens (including phenoxy) is 1. The minimum atomic E-state index is -0.00120. The van der Waals surface area contributed by atoms with Crippen LogP contribution in [0.1, 0.15) is 18.1 Å². The first-order chi connectivity index (χ1) is 7.60. The molecule has 16 heavy (non-hydrogen) atoms. The van der Waals surface area contributed by atoms with Crippen LogP contribution in [0, 0.1) is 13.8 Å². The van der Waals surface area contributed by atoms with Gasteiger partial charge in [0.1, 0.15) is 6.61 Å². The Bertz CT molecular complexity index is 374. The fourth-order valence-corrected chi connectivity index (χ4v) is 1.69. The van der Waals surface area contributed by atoms with Crippen LogP contribution in [0.4, 0.5) is 5.69 Å². The van der Waals surface area contributed by atoms with Crippen LogP contribution in [0.3, 0.4) is 0 Å². The largest absolute Gasteiger partial charge is 0.375 e. The van der Waals surface area contributed by atoms with Crippen molar-refractivity contribution >= 4 is 11.6 Å². The van der Waals surface area contributed by atoms with Gasteiger partial charge in [0.05, 0.1) is 0 Å². The van der Waals surface area contributed by atoms with E-state index in [4.69, 9.17) is 4.74 Å². The molecule has 1 aromatic carbocycles. The highest BCUT2D eigenvalue weighted by Gasteiger charge is 2.15. The molecule has 0 aliphatic heterocycles. The molecule has 0 spiro atoms. The first-order valence-electron chi connectivity index (χ1n) is 5.46. The minimum absolute atomic E-state index is 0.00120. The van der Waals surface area contributed by atoms with Gasteiger partial charge in [0.25, 0.3) is 5.91 Å². The Morgan fingerprint density at radius 2 is 2.06 bits per heavy atom. The number of rotatable bonds is 4. The summed E-state index contributed by atoms with van der Waals surface area (Å²) in [5.74, 6) is -0.00120. The molecule has 3 heteroatoms. The molecule has 0 unspecified atom stereocenters. The Kier molecular flexibility index (Phi) is 4.50. The number of hydrogen-bond acceptors (Lipinski definition) is 2. The highest BCUT2D eigenvalue weighted by molar-refractivity contribution is 5.95. The number of methoxy groups -OCH3 is 1. The summed E-state index contributed by atoms with van der Waals surface area (Å²) in [6.45, 7) is 6.79. The maximum Gasteiger partial charge on any atom is 0.252 e. The minimum Gasteiger partial charge on any atom is -0.375 e. The average molecular weight is 221 g/mol. The maximum absolute atomic E-state index is 11.8. The lowest BCUT2D eigenvalue weighted by atomic mass is 10.1. The lowest BCUT2D eigenvalue weighted by molar-refractivity contribution is -0.122. The fourth-order valence-electron chi connectivity index (χ4n) is 1.69. The molecule has 0 atom stereocenters. The number of carbonyl (C=O) groups excluding carboxylic acids is 1. The zero-order chi connectivity index (χ0) is 12.1. The first-order valence-corrected chi connectivity index (χ1v) is 5.46. The molecule has 1 rings (SSSR count). The van der Waals surface area contributed by atoms with Crippen LogP contribution in [0.15, 0.2) is 18.2 Å². The van der Waals surface area contributed by atoms with Gasteiger partial charge >= 0.3 is 0 Å². The molecule has 0 radical (unpaired) electrons. The number of aryl methyl sites for hydroxylation is 2. The van der Waals surface area contributed by atoms with Gasteiger partial charge in [-0.2, -0.15) is 0 Å². The number of anilines is 1. The number of nitrogens with zero attached hydrogens (tertiary/aromatic N) is 1. The molecule has 88 valence electrons. The van der Waals surface area contributed by atoms with Gasteiger partial charge in [0.15, 0.2) is 0 Å². The Labute approximate surface area is 97.0 Å². The van der Waals surface area contributed by atoms with Crippen LogP contribution < -0.4 is 4.90 Å².